The Balaban J connectivity index is 1.97. The van der Waals surface area contributed by atoms with Crippen LogP contribution >= 0.6 is 11.6 Å². The Bertz CT molecular complexity index is 707. The van der Waals surface area contributed by atoms with Crippen LogP contribution in [-0.4, -0.2) is 34.8 Å². The molecule has 0 saturated carbocycles. The van der Waals surface area contributed by atoms with E-state index in [4.69, 9.17) is 11.6 Å². The zero-order chi connectivity index (χ0) is 19.3. The summed E-state index contributed by atoms with van der Waals surface area (Å²) in [5.41, 5.74) is 0.490. The molecule has 4 amide bonds. The van der Waals surface area contributed by atoms with Crippen LogP contribution in [0.1, 0.15) is 51.5 Å². The standard InChI is InChI=1S/C19H26ClN3O3/c1-4-5-6-7-10-19(3)17(25)23(18(26)22-19)12-16(24)21-15-9-8-13(2)11-14(15)20/h8-9,11H,4-7,10,12H2,1-3H3,(H,21,24)(H,22,26)/t19-/m1/s1. The molecule has 1 fully saturated rings. The number of hydrogen-bond donors (Lipinski definition) is 2. The number of urea groups is 1. The summed E-state index contributed by atoms with van der Waals surface area (Å²) in [6, 6.07) is 4.72. The summed E-state index contributed by atoms with van der Waals surface area (Å²) in [7, 11) is 0. The predicted molar refractivity (Wildman–Crippen MR) is 102 cm³/mol. The first-order valence-electron chi connectivity index (χ1n) is 8.97. The van der Waals surface area contributed by atoms with Crippen LogP contribution < -0.4 is 10.6 Å². The van der Waals surface area contributed by atoms with E-state index in [1.165, 1.54) is 0 Å². The van der Waals surface area contributed by atoms with Gasteiger partial charge in [0.2, 0.25) is 5.91 Å². The number of unbranched alkanes of at least 4 members (excludes halogenated alkanes) is 3. The zero-order valence-electron chi connectivity index (χ0n) is 15.5. The van der Waals surface area contributed by atoms with Gasteiger partial charge in [-0.3, -0.25) is 14.5 Å². The first-order valence-corrected chi connectivity index (χ1v) is 9.35. The minimum atomic E-state index is -0.938. The van der Waals surface area contributed by atoms with Crippen molar-refractivity contribution in [1.29, 1.82) is 0 Å². The number of aryl methyl sites for hydroxylation is 1. The van der Waals surface area contributed by atoms with Crippen LogP contribution in [0.15, 0.2) is 18.2 Å². The van der Waals surface area contributed by atoms with Crippen molar-refractivity contribution in [2.75, 3.05) is 11.9 Å². The van der Waals surface area contributed by atoms with Crippen LogP contribution in [0, 0.1) is 6.92 Å². The molecule has 142 valence electrons. The fourth-order valence-electron chi connectivity index (χ4n) is 3.02. The summed E-state index contributed by atoms with van der Waals surface area (Å²) in [6.07, 6.45) is 4.64. The normalized spacial score (nSPS) is 19.6. The molecule has 0 bridgehead atoms. The molecule has 2 N–H and O–H groups in total. The van der Waals surface area contributed by atoms with E-state index in [1.807, 2.05) is 13.0 Å². The maximum Gasteiger partial charge on any atom is 0.325 e. The minimum Gasteiger partial charge on any atom is -0.323 e. The first-order chi connectivity index (χ1) is 12.3. The second kappa shape index (κ2) is 8.54. The molecule has 1 aromatic carbocycles. The molecule has 1 aromatic rings. The largest absolute Gasteiger partial charge is 0.325 e. The number of rotatable bonds is 8. The lowest BCUT2D eigenvalue weighted by Crippen LogP contribution is -2.44. The molecule has 0 aromatic heterocycles. The van der Waals surface area contributed by atoms with Gasteiger partial charge in [-0.1, -0.05) is 50.3 Å². The third kappa shape index (κ3) is 4.75. The molecule has 1 aliphatic rings. The summed E-state index contributed by atoms with van der Waals surface area (Å²) >= 11 is 6.10. The van der Waals surface area contributed by atoms with E-state index in [9.17, 15) is 14.4 Å². The molecule has 1 heterocycles. The van der Waals surface area contributed by atoms with Crippen LogP contribution in [0.2, 0.25) is 5.02 Å². The van der Waals surface area contributed by atoms with Crippen molar-refractivity contribution >= 4 is 35.1 Å². The Hall–Kier alpha value is -2.08. The number of amides is 4. The van der Waals surface area contributed by atoms with Gasteiger partial charge in [-0.15, -0.1) is 0 Å². The maximum absolute atomic E-state index is 12.6. The van der Waals surface area contributed by atoms with Gasteiger partial charge in [0.25, 0.3) is 5.91 Å². The van der Waals surface area contributed by atoms with Crippen molar-refractivity contribution in [2.24, 2.45) is 0 Å². The molecular weight excluding hydrogens is 354 g/mol. The van der Waals surface area contributed by atoms with Crippen LogP contribution in [-0.2, 0) is 9.59 Å². The second-order valence-electron chi connectivity index (χ2n) is 7.00. The molecule has 7 heteroatoms. The van der Waals surface area contributed by atoms with E-state index in [0.717, 1.165) is 36.1 Å². The lowest BCUT2D eigenvalue weighted by atomic mass is 9.94. The molecule has 0 aliphatic carbocycles. The average Bonchev–Trinajstić information content (AvgIpc) is 2.78. The Labute approximate surface area is 159 Å². The molecule has 0 radical (unpaired) electrons. The molecule has 0 unspecified atom stereocenters. The van der Waals surface area contributed by atoms with Gasteiger partial charge in [-0.05, 0) is 38.0 Å². The highest BCUT2D eigenvalue weighted by Crippen LogP contribution is 2.25. The molecule has 1 saturated heterocycles. The van der Waals surface area contributed by atoms with Gasteiger partial charge in [0, 0.05) is 0 Å². The van der Waals surface area contributed by atoms with E-state index >= 15 is 0 Å². The Kier molecular flexibility index (Phi) is 6.64. The Morgan fingerprint density at radius 1 is 1.27 bits per heavy atom. The number of halogens is 1. The van der Waals surface area contributed by atoms with Crippen LogP contribution in [0.5, 0.6) is 0 Å². The van der Waals surface area contributed by atoms with Crippen molar-refractivity contribution in [1.82, 2.24) is 10.2 Å². The molecule has 1 atom stereocenters. The van der Waals surface area contributed by atoms with Gasteiger partial charge < -0.3 is 10.6 Å². The maximum atomic E-state index is 12.6. The highest BCUT2D eigenvalue weighted by Gasteiger charge is 2.47. The van der Waals surface area contributed by atoms with Crippen LogP contribution in [0.25, 0.3) is 0 Å². The molecule has 6 nitrogen and oxygen atoms in total. The van der Waals surface area contributed by atoms with Gasteiger partial charge in [0.15, 0.2) is 0 Å². The lowest BCUT2D eigenvalue weighted by molar-refractivity contribution is -0.133. The molecular formula is C19H26ClN3O3. The lowest BCUT2D eigenvalue weighted by Gasteiger charge is -2.21. The van der Waals surface area contributed by atoms with E-state index < -0.39 is 17.5 Å². The Morgan fingerprint density at radius 3 is 2.65 bits per heavy atom. The second-order valence-corrected chi connectivity index (χ2v) is 7.40. The van der Waals surface area contributed by atoms with Gasteiger partial charge >= 0.3 is 6.03 Å². The number of hydrogen-bond acceptors (Lipinski definition) is 3. The SMILES string of the molecule is CCCCCC[C@@]1(C)NC(=O)N(CC(=O)Nc2ccc(C)cc2Cl)C1=O. The predicted octanol–water partition coefficient (Wildman–Crippen LogP) is 3.87. The smallest absolute Gasteiger partial charge is 0.323 e. The van der Waals surface area contributed by atoms with E-state index in [0.29, 0.717) is 17.1 Å². The molecule has 2 rings (SSSR count). The molecule has 26 heavy (non-hydrogen) atoms. The molecule has 1 aliphatic heterocycles. The summed E-state index contributed by atoms with van der Waals surface area (Å²) in [5, 5.41) is 5.79. The fraction of sp³-hybridized carbons (Fsp3) is 0.526. The number of nitrogens with one attached hydrogen (secondary N) is 2. The first kappa shape index (κ1) is 20.2. The summed E-state index contributed by atoms with van der Waals surface area (Å²) in [6.45, 7) is 5.39. The van der Waals surface area contributed by atoms with Gasteiger partial charge in [-0.2, -0.15) is 0 Å². The van der Waals surface area contributed by atoms with Gasteiger partial charge in [-0.25, -0.2) is 4.79 Å². The fourth-order valence-corrected chi connectivity index (χ4v) is 3.30. The number of anilines is 1. The zero-order valence-corrected chi connectivity index (χ0v) is 16.3. The Morgan fingerprint density at radius 2 is 2.00 bits per heavy atom. The third-order valence-electron chi connectivity index (χ3n) is 4.58. The number of benzene rings is 1. The topological polar surface area (TPSA) is 78.5 Å². The number of nitrogens with zero attached hydrogens (tertiary/aromatic N) is 1. The van der Waals surface area contributed by atoms with Crippen molar-refractivity contribution in [3.05, 3.63) is 28.8 Å². The van der Waals surface area contributed by atoms with E-state index in [-0.39, 0.29) is 12.5 Å². The number of carbonyl (C=O) groups is 3. The highest BCUT2D eigenvalue weighted by atomic mass is 35.5. The third-order valence-corrected chi connectivity index (χ3v) is 4.89. The quantitative estimate of drug-likeness (QED) is 0.531. The summed E-state index contributed by atoms with van der Waals surface area (Å²) in [4.78, 5) is 38.0. The van der Waals surface area contributed by atoms with E-state index in [1.54, 1.807) is 19.1 Å². The van der Waals surface area contributed by atoms with Crippen LogP contribution in [0.3, 0.4) is 0 Å². The summed E-state index contributed by atoms with van der Waals surface area (Å²) < 4.78 is 0. The number of carbonyl (C=O) groups excluding carboxylic acids is 3. The van der Waals surface area contributed by atoms with Gasteiger partial charge in [0.05, 0.1) is 10.7 Å². The van der Waals surface area contributed by atoms with Crippen molar-refractivity contribution in [3.8, 4) is 0 Å². The van der Waals surface area contributed by atoms with Crippen LogP contribution in [0.4, 0.5) is 10.5 Å². The van der Waals surface area contributed by atoms with Gasteiger partial charge in [0.1, 0.15) is 12.1 Å². The summed E-state index contributed by atoms with van der Waals surface area (Å²) in [5.74, 6) is -0.821. The number of imide groups is 1. The van der Waals surface area contributed by atoms with Crippen molar-refractivity contribution < 1.29 is 14.4 Å². The average molecular weight is 380 g/mol. The van der Waals surface area contributed by atoms with Crippen molar-refractivity contribution in [3.63, 3.8) is 0 Å². The monoisotopic (exact) mass is 379 g/mol. The molecule has 0 spiro atoms. The highest BCUT2D eigenvalue weighted by molar-refractivity contribution is 6.33. The van der Waals surface area contributed by atoms with E-state index in [2.05, 4.69) is 17.6 Å². The van der Waals surface area contributed by atoms with Crippen molar-refractivity contribution in [2.45, 2.75) is 58.4 Å². The minimum absolute atomic E-state index is 0.334.